The number of hydrogen-bond acceptors (Lipinski definition) is 3. The Morgan fingerprint density at radius 1 is 1.75 bits per heavy atom. The molecule has 1 unspecified atom stereocenters. The van der Waals surface area contributed by atoms with Gasteiger partial charge in [0.1, 0.15) is 0 Å². The molecule has 0 saturated carbocycles. The molecule has 3 nitrogen and oxygen atoms in total. The summed E-state index contributed by atoms with van der Waals surface area (Å²) in [4.78, 5) is 4.08. The van der Waals surface area contributed by atoms with Gasteiger partial charge in [-0.15, -0.1) is 0 Å². The minimum absolute atomic E-state index is 0.0485. The standard InChI is InChI=1S/C8H12N2OS/c11-4-7-3-10(6-9-7)8-1-2-12-5-8/h3,6,8,11H,1-2,4-5H2. The largest absolute Gasteiger partial charge is 0.390 e. The molecule has 0 aliphatic carbocycles. The molecule has 1 aromatic rings. The van der Waals surface area contributed by atoms with Crippen LogP contribution in [0.4, 0.5) is 0 Å². The van der Waals surface area contributed by atoms with E-state index in [0.29, 0.717) is 6.04 Å². The van der Waals surface area contributed by atoms with Gasteiger partial charge in [-0.2, -0.15) is 11.8 Å². The maximum Gasteiger partial charge on any atom is 0.0953 e. The summed E-state index contributed by atoms with van der Waals surface area (Å²) in [5.74, 6) is 2.43. The predicted molar refractivity (Wildman–Crippen MR) is 49.1 cm³/mol. The molecule has 4 heteroatoms. The second kappa shape index (κ2) is 3.49. The van der Waals surface area contributed by atoms with Gasteiger partial charge >= 0.3 is 0 Å². The van der Waals surface area contributed by atoms with E-state index in [-0.39, 0.29) is 6.61 Å². The van der Waals surface area contributed by atoms with E-state index in [0.717, 1.165) is 5.69 Å². The Morgan fingerprint density at radius 2 is 2.67 bits per heavy atom. The lowest BCUT2D eigenvalue weighted by Gasteiger charge is -2.08. The van der Waals surface area contributed by atoms with Crippen LogP contribution in [0.5, 0.6) is 0 Å². The third kappa shape index (κ3) is 1.49. The monoisotopic (exact) mass is 184 g/mol. The third-order valence-corrected chi connectivity index (χ3v) is 3.29. The Labute approximate surface area is 75.8 Å². The molecular weight excluding hydrogens is 172 g/mol. The fourth-order valence-electron chi connectivity index (χ4n) is 1.42. The number of aromatic nitrogens is 2. The summed E-state index contributed by atoms with van der Waals surface area (Å²) in [6, 6.07) is 0.600. The number of rotatable bonds is 2. The molecule has 2 rings (SSSR count). The number of aliphatic hydroxyl groups excluding tert-OH is 1. The quantitative estimate of drug-likeness (QED) is 0.746. The number of thioether (sulfide) groups is 1. The van der Waals surface area contributed by atoms with Gasteiger partial charge in [-0.3, -0.25) is 0 Å². The SMILES string of the molecule is OCc1cn(C2CCSC2)cn1. The Hall–Kier alpha value is -0.480. The molecule has 1 fully saturated rings. The lowest BCUT2D eigenvalue weighted by atomic mass is 10.3. The molecule has 0 spiro atoms. The normalized spacial score (nSPS) is 23.2. The highest BCUT2D eigenvalue weighted by molar-refractivity contribution is 7.99. The number of nitrogens with zero attached hydrogens (tertiary/aromatic N) is 2. The molecule has 66 valence electrons. The zero-order chi connectivity index (χ0) is 8.39. The molecule has 1 aromatic heterocycles. The van der Waals surface area contributed by atoms with E-state index in [9.17, 15) is 0 Å². The van der Waals surface area contributed by atoms with Gasteiger partial charge in [0.2, 0.25) is 0 Å². The van der Waals surface area contributed by atoms with E-state index in [1.54, 1.807) is 0 Å². The van der Waals surface area contributed by atoms with Crippen LogP contribution >= 0.6 is 11.8 Å². The van der Waals surface area contributed by atoms with Crippen LogP contribution in [0.3, 0.4) is 0 Å². The summed E-state index contributed by atoms with van der Waals surface area (Å²) >= 11 is 1.98. The van der Waals surface area contributed by atoms with Crippen LogP contribution in [-0.4, -0.2) is 26.2 Å². The van der Waals surface area contributed by atoms with E-state index in [1.165, 1.54) is 17.9 Å². The van der Waals surface area contributed by atoms with Crippen molar-refractivity contribution in [3.63, 3.8) is 0 Å². The van der Waals surface area contributed by atoms with E-state index >= 15 is 0 Å². The highest BCUT2D eigenvalue weighted by Crippen LogP contribution is 2.27. The van der Waals surface area contributed by atoms with Gasteiger partial charge in [-0.05, 0) is 12.2 Å². The minimum Gasteiger partial charge on any atom is -0.390 e. The smallest absolute Gasteiger partial charge is 0.0953 e. The lowest BCUT2D eigenvalue weighted by Crippen LogP contribution is -2.04. The first-order valence-electron chi connectivity index (χ1n) is 4.11. The van der Waals surface area contributed by atoms with Gasteiger partial charge in [0, 0.05) is 18.0 Å². The van der Waals surface area contributed by atoms with Crippen LogP contribution in [-0.2, 0) is 6.61 Å². The highest BCUT2D eigenvalue weighted by Gasteiger charge is 2.16. The number of imidazole rings is 1. The van der Waals surface area contributed by atoms with Crippen molar-refractivity contribution >= 4 is 11.8 Å². The summed E-state index contributed by atoms with van der Waals surface area (Å²) in [5.41, 5.74) is 0.770. The molecule has 1 atom stereocenters. The van der Waals surface area contributed by atoms with Crippen LogP contribution in [0, 0.1) is 0 Å². The maximum atomic E-state index is 8.81. The fourth-order valence-corrected chi connectivity index (χ4v) is 2.63. The molecule has 1 N–H and O–H groups in total. The van der Waals surface area contributed by atoms with Crippen molar-refractivity contribution in [2.75, 3.05) is 11.5 Å². The molecule has 1 saturated heterocycles. The first kappa shape index (κ1) is 8.13. The van der Waals surface area contributed by atoms with E-state index in [1.807, 2.05) is 24.3 Å². The summed E-state index contributed by atoms with van der Waals surface area (Å²) in [5, 5.41) is 8.81. The van der Waals surface area contributed by atoms with Gasteiger partial charge in [-0.25, -0.2) is 4.98 Å². The number of hydrogen-bond donors (Lipinski definition) is 1. The Kier molecular flexibility index (Phi) is 2.37. The summed E-state index contributed by atoms with van der Waals surface area (Å²) in [6.45, 7) is 0.0485. The molecule has 0 aromatic carbocycles. The van der Waals surface area contributed by atoms with Crippen LogP contribution in [0.2, 0.25) is 0 Å². The Balaban J connectivity index is 2.11. The van der Waals surface area contributed by atoms with Crippen LogP contribution in [0.25, 0.3) is 0 Å². The van der Waals surface area contributed by atoms with Crippen LogP contribution < -0.4 is 0 Å². The van der Waals surface area contributed by atoms with Crippen molar-refractivity contribution in [3.8, 4) is 0 Å². The topological polar surface area (TPSA) is 38.0 Å². The van der Waals surface area contributed by atoms with E-state index in [4.69, 9.17) is 5.11 Å². The summed E-state index contributed by atoms with van der Waals surface area (Å²) in [7, 11) is 0. The zero-order valence-corrected chi connectivity index (χ0v) is 7.63. The second-order valence-corrected chi connectivity index (χ2v) is 4.14. The fraction of sp³-hybridized carbons (Fsp3) is 0.625. The summed E-state index contributed by atoms with van der Waals surface area (Å²) < 4.78 is 2.12. The van der Waals surface area contributed by atoms with E-state index < -0.39 is 0 Å². The van der Waals surface area contributed by atoms with Crippen molar-refractivity contribution in [3.05, 3.63) is 18.2 Å². The molecular formula is C8H12N2OS. The van der Waals surface area contributed by atoms with E-state index in [2.05, 4.69) is 9.55 Å². The molecule has 0 bridgehead atoms. The predicted octanol–water partition coefficient (Wildman–Crippen LogP) is 1.05. The third-order valence-electron chi connectivity index (χ3n) is 2.14. The van der Waals surface area contributed by atoms with Crippen molar-refractivity contribution in [2.24, 2.45) is 0 Å². The first-order chi connectivity index (χ1) is 5.90. The highest BCUT2D eigenvalue weighted by atomic mass is 32.2. The second-order valence-electron chi connectivity index (χ2n) is 2.99. The minimum atomic E-state index is 0.0485. The van der Waals surface area contributed by atoms with Crippen LogP contribution in [0.1, 0.15) is 18.2 Å². The molecule has 2 heterocycles. The molecule has 12 heavy (non-hydrogen) atoms. The first-order valence-corrected chi connectivity index (χ1v) is 5.26. The molecule has 0 radical (unpaired) electrons. The van der Waals surface area contributed by atoms with Gasteiger partial charge in [0.15, 0.2) is 0 Å². The Morgan fingerprint density at radius 3 is 3.25 bits per heavy atom. The van der Waals surface area contributed by atoms with Gasteiger partial charge in [0.25, 0.3) is 0 Å². The van der Waals surface area contributed by atoms with Gasteiger partial charge in [0.05, 0.1) is 18.6 Å². The van der Waals surface area contributed by atoms with Crippen LogP contribution in [0.15, 0.2) is 12.5 Å². The van der Waals surface area contributed by atoms with Gasteiger partial charge in [-0.1, -0.05) is 0 Å². The van der Waals surface area contributed by atoms with Crippen molar-refractivity contribution in [2.45, 2.75) is 19.1 Å². The zero-order valence-electron chi connectivity index (χ0n) is 6.81. The van der Waals surface area contributed by atoms with Gasteiger partial charge < -0.3 is 9.67 Å². The van der Waals surface area contributed by atoms with Crippen molar-refractivity contribution in [1.82, 2.24) is 9.55 Å². The number of aliphatic hydroxyl groups is 1. The molecule has 1 aliphatic heterocycles. The van der Waals surface area contributed by atoms with Crippen molar-refractivity contribution < 1.29 is 5.11 Å². The lowest BCUT2D eigenvalue weighted by molar-refractivity contribution is 0.277. The van der Waals surface area contributed by atoms with Crippen molar-refractivity contribution in [1.29, 1.82) is 0 Å². The maximum absolute atomic E-state index is 8.81. The summed E-state index contributed by atoms with van der Waals surface area (Å²) in [6.07, 6.45) is 4.99. The Bertz CT molecular complexity index is 255. The molecule has 0 amide bonds. The average molecular weight is 184 g/mol. The molecule has 1 aliphatic rings. The average Bonchev–Trinajstić information content (AvgIpc) is 2.75.